The Morgan fingerprint density at radius 1 is 1.38 bits per heavy atom. The second kappa shape index (κ2) is 5.69. The van der Waals surface area contributed by atoms with Crippen LogP contribution in [0.1, 0.15) is 35.9 Å². The molecular formula is C16H18N2O3. The van der Waals surface area contributed by atoms with Gasteiger partial charge in [-0.05, 0) is 19.4 Å². The zero-order chi connectivity index (χ0) is 14.8. The van der Waals surface area contributed by atoms with Gasteiger partial charge in [0.1, 0.15) is 17.9 Å². The molecule has 5 nitrogen and oxygen atoms in total. The van der Waals surface area contributed by atoms with E-state index < -0.39 is 0 Å². The van der Waals surface area contributed by atoms with Crippen LogP contribution in [0.2, 0.25) is 0 Å². The number of ether oxygens (including phenoxy) is 2. The summed E-state index contributed by atoms with van der Waals surface area (Å²) in [4.78, 5) is 16.4. The fraction of sp³-hybridized carbons (Fsp3) is 0.375. The molecule has 0 N–H and O–H groups in total. The minimum absolute atomic E-state index is 0.0173. The summed E-state index contributed by atoms with van der Waals surface area (Å²) in [5.41, 5.74) is 1.57. The number of esters is 1. The van der Waals surface area contributed by atoms with Gasteiger partial charge in [0.2, 0.25) is 0 Å². The maximum atomic E-state index is 12.3. The second-order valence-electron chi connectivity index (χ2n) is 5.26. The molecule has 0 spiro atoms. The van der Waals surface area contributed by atoms with Crippen molar-refractivity contribution in [1.82, 2.24) is 9.55 Å². The number of carbonyl (C=O) groups is 1. The predicted molar refractivity (Wildman–Crippen MR) is 77.1 cm³/mol. The van der Waals surface area contributed by atoms with Gasteiger partial charge in [-0.15, -0.1) is 0 Å². The summed E-state index contributed by atoms with van der Waals surface area (Å²) < 4.78 is 12.4. The van der Waals surface area contributed by atoms with E-state index in [0.29, 0.717) is 12.3 Å². The van der Waals surface area contributed by atoms with Crippen molar-refractivity contribution in [2.24, 2.45) is 0 Å². The summed E-state index contributed by atoms with van der Waals surface area (Å²) in [5.74, 6) is -0.363. The molecule has 1 aliphatic heterocycles. The van der Waals surface area contributed by atoms with Crippen molar-refractivity contribution in [2.45, 2.75) is 32.1 Å². The molecule has 2 heterocycles. The Morgan fingerprint density at radius 3 is 2.76 bits per heavy atom. The van der Waals surface area contributed by atoms with E-state index in [9.17, 15) is 4.79 Å². The van der Waals surface area contributed by atoms with Crippen molar-refractivity contribution in [1.29, 1.82) is 0 Å². The molecule has 0 saturated carbocycles. The highest BCUT2D eigenvalue weighted by molar-refractivity contribution is 5.87. The normalized spacial score (nSPS) is 19.8. The Hall–Kier alpha value is -2.14. The van der Waals surface area contributed by atoms with E-state index in [1.54, 1.807) is 12.5 Å². The average molecular weight is 286 g/mol. The molecule has 1 aliphatic rings. The first kappa shape index (κ1) is 13.8. The Kier molecular flexibility index (Phi) is 3.75. The molecule has 2 aromatic rings. The third-order valence-electron chi connectivity index (χ3n) is 3.75. The number of rotatable bonds is 5. The standard InChI is InChI=1S/C16H18N2O3/c1-11(13-6-4-3-5-7-13)18-10-17-8-14(18)16(19)21-12(2)15-9-20-15/h3-8,10-12,15H,9H2,1-2H3. The zero-order valence-corrected chi connectivity index (χ0v) is 12.1. The molecule has 3 unspecified atom stereocenters. The minimum atomic E-state index is -0.363. The van der Waals surface area contributed by atoms with E-state index in [4.69, 9.17) is 9.47 Å². The summed E-state index contributed by atoms with van der Waals surface area (Å²) >= 11 is 0. The average Bonchev–Trinajstić information content (AvgIpc) is 3.24. The molecule has 110 valence electrons. The summed E-state index contributed by atoms with van der Waals surface area (Å²) in [6.07, 6.45) is 3.01. The van der Waals surface area contributed by atoms with Crippen LogP contribution in [0.4, 0.5) is 0 Å². The van der Waals surface area contributed by atoms with Crippen LogP contribution in [0.25, 0.3) is 0 Å². The quantitative estimate of drug-likeness (QED) is 0.626. The van der Waals surface area contributed by atoms with E-state index in [1.165, 1.54) is 0 Å². The van der Waals surface area contributed by atoms with Gasteiger partial charge in [-0.1, -0.05) is 30.3 Å². The third kappa shape index (κ3) is 2.97. The van der Waals surface area contributed by atoms with Crippen LogP contribution in [0, 0.1) is 0 Å². The smallest absolute Gasteiger partial charge is 0.356 e. The highest BCUT2D eigenvalue weighted by Gasteiger charge is 2.33. The van der Waals surface area contributed by atoms with E-state index in [0.717, 1.165) is 5.56 Å². The van der Waals surface area contributed by atoms with Crippen molar-refractivity contribution in [3.05, 3.63) is 54.1 Å². The van der Waals surface area contributed by atoms with E-state index in [-0.39, 0.29) is 24.2 Å². The molecule has 3 rings (SSSR count). The maximum absolute atomic E-state index is 12.3. The van der Waals surface area contributed by atoms with Gasteiger partial charge in [-0.2, -0.15) is 0 Å². The number of aromatic nitrogens is 2. The van der Waals surface area contributed by atoms with Crippen LogP contribution < -0.4 is 0 Å². The summed E-state index contributed by atoms with van der Waals surface area (Å²) in [5, 5.41) is 0. The number of imidazole rings is 1. The fourth-order valence-electron chi connectivity index (χ4n) is 2.30. The number of carbonyl (C=O) groups excluding carboxylic acids is 1. The summed E-state index contributed by atoms with van der Waals surface area (Å²) in [6, 6.07) is 10.0. The zero-order valence-electron chi connectivity index (χ0n) is 12.1. The van der Waals surface area contributed by atoms with Gasteiger partial charge in [0.05, 0.1) is 25.2 Å². The number of hydrogen-bond donors (Lipinski definition) is 0. The van der Waals surface area contributed by atoms with Crippen LogP contribution in [0.3, 0.4) is 0 Å². The number of benzene rings is 1. The molecule has 0 amide bonds. The summed E-state index contributed by atoms with van der Waals surface area (Å²) in [6.45, 7) is 4.53. The van der Waals surface area contributed by atoms with Gasteiger partial charge in [0, 0.05) is 0 Å². The second-order valence-corrected chi connectivity index (χ2v) is 5.26. The van der Waals surface area contributed by atoms with E-state index in [1.807, 2.05) is 48.7 Å². The monoisotopic (exact) mass is 286 g/mol. The molecule has 3 atom stereocenters. The third-order valence-corrected chi connectivity index (χ3v) is 3.75. The lowest BCUT2D eigenvalue weighted by Gasteiger charge is -2.17. The van der Waals surface area contributed by atoms with Gasteiger partial charge in [-0.25, -0.2) is 9.78 Å². The molecule has 0 radical (unpaired) electrons. The summed E-state index contributed by atoms with van der Waals surface area (Å²) in [7, 11) is 0. The lowest BCUT2D eigenvalue weighted by atomic mass is 10.1. The van der Waals surface area contributed by atoms with Crippen molar-refractivity contribution in [2.75, 3.05) is 6.61 Å². The minimum Gasteiger partial charge on any atom is -0.455 e. The van der Waals surface area contributed by atoms with Crippen LogP contribution in [0.5, 0.6) is 0 Å². The lowest BCUT2D eigenvalue weighted by Crippen LogP contribution is -2.23. The SMILES string of the molecule is CC(OC(=O)c1cncn1C(C)c1ccccc1)C1CO1. The Morgan fingerprint density at radius 2 is 2.10 bits per heavy atom. The van der Waals surface area contributed by atoms with Crippen LogP contribution >= 0.6 is 0 Å². The van der Waals surface area contributed by atoms with E-state index in [2.05, 4.69) is 4.98 Å². The first-order valence-corrected chi connectivity index (χ1v) is 7.06. The highest BCUT2D eigenvalue weighted by Crippen LogP contribution is 2.22. The molecule has 0 aliphatic carbocycles. The maximum Gasteiger partial charge on any atom is 0.356 e. The van der Waals surface area contributed by atoms with Crippen molar-refractivity contribution in [3.8, 4) is 0 Å². The lowest BCUT2D eigenvalue weighted by molar-refractivity contribution is 0.0265. The fourth-order valence-corrected chi connectivity index (χ4v) is 2.30. The highest BCUT2D eigenvalue weighted by atomic mass is 16.6. The van der Waals surface area contributed by atoms with Crippen LogP contribution in [-0.4, -0.2) is 34.3 Å². The Labute approximate surface area is 123 Å². The van der Waals surface area contributed by atoms with Gasteiger partial charge in [0.25, 0.3) is 0 Å². The molecule has 5 heteroatoms. The molecular weight excluding hydrogens is 268 g/mol. The topological polar surface area (TPSA) is 56.6 Å². The van der Waals surface area contributed by atoms with Gasteiger partial charge < -0.3 is 14.0 Å². The first-order valence-electron chi connectivity index (χ1n) is 7.06. The molecule has 0 bridgehead atoms. The molecule has 1 aromatic heterocycles. The van der Waals surface area contributed by atoms with Gasteiger partial charge in [-0.3, -0.25) is 0 Å². The molecule has 1 aromatic carbocycles. The van der Waals surface area contributed by atoms with Crippen molar-refractivity contribution in [3.63, 3.8) is 0 Å². The predicted octanol–water partition coefficient (Wildman–Crippen LogP) is 2.44. The first-order chi connectivity index (χ1) is 10.2. The molecule has 1 saturated heterocycles. The van der Waals surface area contributed by atoms with Crippen LogP contribution in [0.15, 0.2) is 42.9 Å². The molecule has 1 fully saturated rings. The largest absolute Gasteiger partial charge is 0.455 e. The van der Waals surface area contributed by atoms with Gasteiger partial charge in [0.15, 0.2) is 0 Å². The number of epoxide rings is 1. The number of nitrogens with zero attached hydrogens (tertiary/aromatic N) is 2. The van der Waals surface area contributed by atoms with Gasteiger partial charge >= 0.3 is 5.97 Å². The Bertz CT molecular complexity index is 619. The van der Waals surface area contributed by atoms with Crippen molar-refractivity contribution < 1.29 is 14.3 Å². The van der Waals surface area contributed by atoms with E-state index >= 15 is 0 Å². The van der Waals surface area contributed by atoms with Crippen molar-refractivity contribution >= 4 is 5.97 Å². The van der Waals surface area contributed by atoms with Crippen LogP contribution in [-0.2, 0) is 9.47 Å². The molecule has 21 heavy (non-hydrogen) atoms. The Balaban J connectivity index is 1.78. The number of hydrogen-bond acceptors (Lipinski definition) is 4.